The summed E-state index contributed by atoms with van der Waals surface area (Å²) in [6.45, 7) is 4.05. The highest BCUT2D eigenvalue weighted by atomic mass is 16.5. The van der Waals surface area contributed by atoms with E-state index < -0.39 is 0 Å². The maximum atomic E-state index is 13.3. The van der Waals surface area contributed by atoms with Crippen molar-refractivity contribution >= 4 is 11.9 Å². The standard InChI is InChI=1S/C24H31N5O4/c1-33-24(32)16-5-8-27(9-6-16)23(31)21-14-28-10-7-17(21)11-19(28)13-29-15-22(25-26-29)18-3-2-4-20(30)12-18/h2-4,12,15-17,19,21,30H,5-11,13-14H2,1H3/p+1/t17-,19-,21+/m1/s1. The molecule has 1 aromatic carbocycles. The molecule has 4 fully saturated rings. The average molecular weight is 455 g/mol. The van der Waals surface area contributed by atoms with Crippen LogP contribution in [0.4, 0.5) is 0 Å². The number of hydrogen-bond donors (Lipinski definition) is 2. The number of hydrogen-bond acceptors (Lipinski definition) is 6. The normalized spacial score (nSPS) is 27.5. The number of amides is 1. The van der Waals surface area contributed by atoms with Crippen LogP contribution in [0.2, 0.25) is 0 Å². The SMILES string of the molecule is COC(=O)C1CCN(C(=O)[C@H]2C[NH+]3CC[C@@H]2C[C@@H]3Cn2cc(-c3cccc(O)c3)nn2)CC1. The first-order valence-electron chi connectivity index (χ1n) is 11.9. The number of nitrogens with zero attached hydrogens (tertiary/aromatic N) is 4. The van der Waals surface area contributed by atoms with Crippen molar-refractivity contribution in [2.45, 2.75) is 38.3 Å². The molecule has 4 aliphatic heterocycles. The maximum Gasteiger partial charge on any atom is 0.308 e. The molecule has 1 unspecified atom stereocenters. The van der Waals surface area contributed by atoms with Crippen LogP contribution in [0.25, 0.3) is 11.3 Å². The molecule has 4 atom stereocenters. The van der Waals surface area contributed by atoms with Crippen LogP contribution in [-0.2, 0) is 20.9 Å². The molecule has 6 rings (SSSR count). The van der Waals surface area contributed by atoms with Crippen molar-refractivity contribution in [3.8, 4) is 17.0 Å². The van der Waals surface area contributed by atoms with Gasteiger partial charge in [0.2, 0.25) is 5.91 Å². The quantitative estimate of drug-likeness (QED) is 0.633. The summed E-state index contributed by atoms with van der Waals surface area (Å²) in [4.78, 5) is 28.5. The lowest BCUT2D eigenvalue weighted by atomic mass is 9.74. The van der Waals surface area contributed by atoms with Crippen molar-refractivity contribution in [2.75, 3.05) is 33.3 Å². The van der Waals surface area contributed by atoms with Crippen LogP contribution in [0, 0.1) is 17.8 Å². The molecular formula is C24H32N5O4+. The molecule has 4 saturated heterocycles. The molecular weight excluding hydrogens is 422 g/mol. The van der Waals surface area contributed by atoms with Gasteiger partial charge in [-0.05, 0) is 30.9 Å². The van der Waals surface area contributed by atoms with Crippen molar-refractivity contribution in [2.24, 2.45) is 17.8 Å². The molecule has 2 aromatic rings. The topological polar surface area (TPSA) is 102 Å². The number of methoxy groups -OCH3 is 1. The van der Waals surface area contributed by atoms with Gasteiger partial charge in [-0.25, -0.2) is 4.68 Å². The maximum absolute atomic E-state index is 13.3. The van der Waals surface area contributed by atoms with Gasteiger partial charge in [-0.3, -0.25) is 9.59 Å². The Hall–Kier alpha value is -2.94. The van der Waals surface area contributed by atoms with Gasteiger partial charge in [-0.15, -0.1) is 5.10 Å². The van der Waals surface area contributed by atoms with Gasteiger partial charge >= 0.3 is 5.97 Å². The molecule has 5 heterocycles. The third-order valence-electron chi connectivity index (χ3n) is 7.80. The van der Waals surface area contributed by atoms with Gasteiger partial charge in [0, 0.05) is 31.5 Å². The van der Waals surface area contributed by atoms with Crippen LogP contribution >= 0.6 is 0 Å². The fourth-order valence-corrected chi connectivity index (χ4v) is 5.95. The first-order valence-corrected chi connectivity index (χ1v) is 11.9. The van der Waals surface area contributed by atoms with E-state index in [2.05, 4.69) is 10.3 Å². The predicted octanol–water partition coefficient (Wildman–Crippen LogP) is 0.356. The minimum atomic E-state index is -0.155. The average Bonchev–Trinajstić information content (AvgIpc) is 3.32. The van der Waals surface area contributed by atoms with Crippen molar-refractivity contribution in [3.63, 3.8) is 0 Å². The van der Waals surface area contributed by atoms with Gasteiger partial charge in [-0.2, -0.15) is 0 Å². The predicted molar refractivity (Wildman–Crippen MR) is 119 cm³/mol. The van der Waals surface area contributed by atoms with E-state index in [1.54, 1.807) is 18.2 Å². The molecule has 0 saturated carbocycles. The number of likely N-dealkylation sites (tertiary alicyclic amines) is 1. The van der Waals surface area contributed by atoms with Crippen LogP contribution in [-0.4, -0.2) is 76.2 Å². The number of piperidine rings is 4. The van der Waals surface area contributed by atoms with Crippen LogP contribution in [0.1, 0.15) is 25.7 Å². The van der Waals surface area contributed by atoms with Gasteiger partial charge in [0.05, 0.1) is 44.8 Å². The van der Waals surface area contributed by atoms with Gasteiger partial charge in [0.1, 0.15) is 17.5 Å². The van der Waals surface area contributed by atoms with Crippen LogP contribution in [0.3, 0.4) is 0 Å². The number of phenolic OH excluding ortho intramolecular Hbond substituents is 1. The lowest BCUT2D eigenvalue weighted by Gasteiger charge is -2.47. The van der Waals surface area contributed by atoms with E-state index in [9.17, 15) is 14.7 Å². The van der Waals surface area contributed by atoms with Gasteiger partial charge in [0.25, 0.3) is 0 Å². The third kappa shape index (κ3) is 4.46. The number of aromatic nitrogens is 3. The summed E-state index contributed by atoms with van der Waals surface area (Å²) < 4.78 is 6.76. The van der Waals surface area contributed by atoms with E-state index in [1.165, 1.54) is 12.0 Å². The summed E-state index contributed by atoms with van der Waals surface area (Å²) in [7, 11) is 1.43. The highest BCUT2D eigenvalue weighted by Gasteiger charge is 2.48. The smallest absolute Gasteiger partial charge is 0.308 e. The number of quaternary nitrogens is 1. The lowest BCUT2D eigenvalue weighted by molar-refractivity contribution is -0.945. The largest absolute Gasteiger partial charge is 0.508 e. The number of rotatable bonds is 5. The Morgan fingerprint density at radius 1 is 1.24 bits per heavy atom. The summed E-state index contributed by atoms with van der Waals surface area (Å²) in [5.74, 6) is 0.745. The van der Waals surface area contributed by atoms with E-state index in [1.807, 2.05) is 21.8 Å². The summed E-state index contributed by atoms with van der Waals surface area (Å²) in [6, 6.07) is 7.47. The Morgan fingerprint density at radius 2 is 2.06 bits per heavy atom. The summed E-state index contributed by atoms with van der Waals surface area (Å²) >= 11 is 0. The summed E-state index contributed by atoms with van der Waals surface area (Å²) in [5, 5.41) is 18.3. The highest BCUT2D eigenvalue weighted by molar-refractivity contribution is 5.80. The molecule has 9 heteroatoms. The Labute approximate surface area is 193 Å². The molecule has 4 aliphatic rings. The number of carbonyl (C=O) groups excluding carboxylic acids is 2. The number of phenols is 1. The molecule has 0 aliphatic carbocycles. The number of benzene rings is 1. The van der Waals surface area contributed by atoms with Gasteiger partial charge < -0.3 is 19.6 Å². The van der Waals surface area contributed by atoms with E-state index in [0.717, 1.165) is 43.7 Å². The zero-order valence-electron chi connectivity index (χ0n) is 19.0. The number of ether oxygens (including phenoxy) is 1. The van der Waals surface area contributed by atoms with Gasteiger partial charge in [-0.1, -0.05) is 17.3 Å². The molecule has 9 nitrogen and oxygen atoms in total. The van der Waals surface area contributed by atoms with Crippen molar-refractivity contribution < 1.29 is 24.3 Å². The monoisotopic (exact) mass is 454 g/mol. The number of carbonyl (C=O) groups is 2. The molecule has 176 valence electrons. The zero-order chi connectivity index (χ0) is 22.9. The minimum absolute atomic E-state index is 0.0759. The third-order valence-corrected chi connectivity index (χ3v) is 7.80. The Bertz CT molecular complexity index is 1020. The molecule has 0 radical (unpaired) electrons. The van der Waals surface area contributed by atoms with Crippen LogP contribution < -0.4 is 4.90 Å². The fourth-order valence-electron chi connectivity index (χ4n) is 5.95. The number of esters is 1. The summed E-state index contributed by atoms with van der Waals surface area (Å²) in [5.41, 5.74) is 1.60. The zero-order valence-corrected chi connectivity index (χ0v) is 19.0. The molecule has 2 bridgehead atoms. The summed E-state index contributed by atoms with van der Waals surface area (Å²) in [6.07, 6.45) is 5.44. The van der Waals surface area contributed by atoms with Crippen molar-refractivity contribution in [1.82, 2.24) is 19.9 Å². The fraction of sp³-hybridized carbons (Fsp3) is 0.583. The second kappa shape index (κ2) is 9.13. The van der Waals surface area contributed by atoms with E-state index in [0.29, 0.717) is 37.9 Å². The lowest BCUT2D eigenvalue weighted by Crippen LogP contribution is -3.20. The molecule has 0 spiro atoms. The Balaban J connectivity index is 1.18. The second-order valence-electron chi connectivity index (χ2n) is 9.70. The van der Waals surface area contributed by atoms with E-state index in [4.69, 9.17) is 4.74 Å². The van der Waals surface area contributed by atoms with Crippen LogP contribution in [0.5, 0.6) is 5.75 Å². The second-order valence-corrected chi connectivity index (χ2v) is 9.70. The Morgan fingerprint density at radius 3 is 2.76 bits per heavy atom. The number of aromatic hydroxyl groups is 1. The Kier molecular flexibility index (Phi) is 6.05. The van der Waals surface area contributed by atoms with Crippen molar-refractivity contribution in [3.05, 3.63) is 30.5 Å². The molecule has 1 aromatic heterocycles. The van der Waals surface area contributed by atoms with Gasteiger partial charge in [0.15, 0.2) is 0 Å². The molecule has 2 N–H and O–H groups in total. The van der Waals surface area contributed by atoms with Crippen LogP contribution in [0.15, 0.2) is 30.5 Å². The van der Waals surface area contributed by atoms with Crippen molar-refractivity contribution in [1.29, 1.82) is 0 Å². The first kappa shape index (κ1) is 21.9. The molecule has 33 heavy (non-hydrogen) atoms. The molecule has 1 amide bonds. The van der Waals surface area contributed by atoms with E-state index in [-0.39, 0.29) is 29.5 Å². The minimum Gasteiger partial charge on any atom is -0.508 e. The number of nitrogens with one attached hydrogen (secondary N) is 1. The highest BCUT2D eigenvalue weighted by Crippen LogP contribution is 2.31. The number of fused-ring (bicyclic) bond motifs is 3. The van der Waals surface area contributed by atoms with E-state index >= 15 is 0 Å². The first-order chi connectivity index (χ1) is 16.0.